The van der Waals surface area contributed by atoms with Crippen LogP contribution in [0.1, 0.15) is 40.5 Å². The minimum atomic E-state index is -0.188. The Hall–Kier alpha value is -1.94. The SMILES string of the molecule is O=C(NCCc1cccc(Cl)c1)c1ccc(C2CC2)nn1. The highest BCUT2D eigenvalue weighted by atomic mass is 35.5. The Labute approximate surface area is 128 Å². The van der Waals surface area contributed by atoms with E-state index >= 15 is 0 Å². The van der Waals surface area contributed by atoms with Gasteiger partial charge in [0.15, 0.2) is 5.69 Å². The van der Waals surface area contributed by atoms with Crippen LogP contribution in [0.2, 0.25) is 5.02 Å². The molecule has 1 saturated carbocycles. The predicted molar refractivity (Wildman–Crippen MR) is 81.5 cm³/mol. The zero-order valence-corrected chi connectivity index (χ0v) is 12.3. The van der Waals surface area contributed by atoms with Crippen molar-refractivity contribution in [2.75, 3.05) is 6.54 Å². The van der Waals surface area contributed by atoms with Crippen molar-refractivity contribution in [3.8, 4) is 0 Å². The molecule has 2 aromatic rings. The van der Waals surface area contributed by atoms with Gasteiger partial charge < -0.3 is 5.32 Å². The topological polar surface area (TPSA) is 54.9 Å². The summed E-state index contributed by atoms with van der Waals surface area (Å²) in [4.78, 5) is 12.0. The molecule has 0 radical (unpaired) electrons. The first-order chi connectivity index (χ1) is 10.2. The molecule has 1 N–H and O–H groups in total. The first-order valence-electron chi connectivity index (χ1n) is 7.08. The van der Waals surface area contributed by atoms with E-state index in [9.17, 15) is 4.79 Å². The van der Waals surface area contributed by atoms with Crippen molar-refractivity contribution in [1.82, 2.24) is 15.5 Å². The number of nitrogens with one attached hydrogen (secondary N) is 1. The molecule has 4 nitrogen and oxygen atoms in total. The fraction of sp³-hybridized carbons (Fsp3) is 0.312. The van der Waals surface area contributed by atoms with Gasteiger partial charge in [-0.1, -0.05) is 23.7 Å². The number of halogens is 1. The van der Waals surface area contributed by atoms with Crippen LogP contribution in [0.5, 0.6) is 0 Å². The van der Waals surface area contributed by atoms with Crippen LogP contribution in [-0.4, -0.2) is 22.6 Å². The molecule has 5 heteroatoms. The van der Waals surface area contributed by atoms with E-state index in [-0.39, 0.29) is 5.91 Å². The Morgan fingerprint density at radius 1 is 1.24 bits per heavy atom. The third-order valence-electron chi connectivity index (χ3n) is 3.50. The second kappa shape index (κ2) is 6.22. The number of rotatable bonds is 5. The molecule has 1 aromatic carbocycles. The van der Waals surface area contributed by atoms with Crippen LogP contribution >= 0.6 is 11.6 Å². The lowest BCUT2D eigenvalue weighted by molar-refractivity contribution is 0.0948. The van der Waals surface area contributed by atoms with Crippen LogP contribution in [0.25, 0.3) is 0 Å². The maximum absolute atomic E-state index is 12.0. The third-order valence-corrected chi connectivity index (χ3v) is 3.74. The molecule has 21 heavy (non-hydrogen) atoms. The van der Waals surface area contributed by atoms with E-state index < -0.39 is 0 Å². The fourth-order valence-corrected chi connectivity index (χ4v) is 2.38. The minimum absolute atomic E-state index is 0.188. The van der Waals surface area contributed by atoms with Crippen molar-refractivity contribution < 1.29 is 4.79 Å². The van der Waals surface area contributed by atoms with Gasteiger partial charge in [0, 0.05) is 17.5 Å². The van der Waals surface area contributed by atoms with Crippen LogP contribution in [0.3, 0.4) is 0 Å². The molecule has 1 fully saturated rings. The quantitative estimate of drug-likeness (QED) is 0.923. The van der Waals surface area contributed by atoms with Gasteiger partial charge in [-0.25, -0.2) is 0 Å². The number of hydrogen-bond donors (Lipinski definition) is 1. The van der Waals surface area contributed by atoms with E-state index in [1.165, 1.54) is 12.8 Å². The monoisotopic (exact) mass is 301 g/mol. The number of carbonyl (C=O) groups excluding carboxylic acids is 1. The van der Waals surface area contributed by atoms with E-state index in [2.05, 4.69) is 15.5 Å². The number of nitrogens with zero attached hydrogens (tertiary/aromatic N) is 2. The van der Waals surface area contributed by atoms with E-state index in [1.54, 1.807) is 6.07 Å². The molecule has 0 bridgehead atoms. The molecular formula is C16H16ClN3O. The highest BCUT2D eigenvalue weighted by Gasteiger charge is 2.25. The Kier molecular flexibility index (Phi) is 4.15. The molecule has 1 heterocycles. The molecule has 0 unspecified atom stereocenters. The Morgan fingerprint density at radius 3 is 2.76 bits per heavy atom. The van der Waals surface area contributed by atoms with Crippen LogP contribution in [0, 0.1) is 0 Å². The molecule has 1 aliphatic rings. The molecular weight excluding hydrogens is 286 g/mol. The molecule has 1 aromatic heterocycles. The Bertz CT molecular complexity index is 638. The number of benzene rings is 1. The summed E-state index contributed by atoms with van der Waals surface area (Å²) < 4.78 is 0. The summed E-state index contributed by atoms with van der Waals surface area (Å²) in [5.41, 5.74) is 2.45. The Balaban J connectivity index is 1.51. The summed E-state index contributed by atoms with van der Waals surface area (Å²) in [5, 5.41) is 11.7. The lowest BCUT2D eigenvalue weighted by Crippen LogP contribution is -2.26. The lowest BCUT2D eigenvalue weighted by Gasteiger charge is -2.05. The summed E-state index contributed by atoms with van der Waals surface area (Å²) in [7, 11) is 0. The van der Waals surface area contributed by atoms with Gasteiger partial charge >= 0.3 is 0 Å². The smallest absolute Gasteiger partial charge is 0.271 e. The second-order valence-electron chi connectivity index (χ2n) is 5.25. The molecule has 0 aliphatic heterocycles. The minimum Gasteiger partial charge on any atom is -0.350 e. The van der Waals surface area contributed by atoms with Crippen LogP contribution in [0.15, 0.2) is 36.4 Å². The van der Waals surface area contributed by atoms with Crippen molar-refractivity contribution in [1.29, 1.82) is 0 Å². The van der Waals surface area contributed by atoms with Crippen molar-refractivity contribution in [2.45, 2.75) is 25.2 Å². The van der Waals surface area contributed by atoms with Gasteiger partial charge in [0.25, 0.3) is 5.91 Å². The summed E-state index contributed by atoms with van der Waals surface area (Å²) in [6.45, 7) is 0.547. The van der Waals surface area contributed by atoms with E-state index in [1.807, 2.05) is 30.3 Å². The Morgan fingerprint density at radius 2 is 2.10 bits per heavy atom. The zero-order chi connectivity index (χ0) is 14.7. The van der Waals surface area contributed by atoms with Gasteiger partial charge in [0.2, 0.25) is 0 Å². The van der Waals surface area contributed by atoms with Crippen LogP contribution in [-0.2, 0) is 6.42 Å². The van der Waals surface area contributed by atoms with Gasteiger partial charge in [0.1, 0.15) is 0 Å². The number of amides is 1. The largest absolute Gasteiger partial charge is 0.350 e. The highest BCUT2D eigenvalue weighted by Crippen LogP contribution is 2.38. The average Bonchev–Trinajstić information content (AvgIpc) is 3.32. The molecule has 1 amide bonds. The molecule has 3 rings (SSSR count). The average molecular weight is 302 g/mol. The van der Waals surface area contributed by atoms with Crippen molar-refractivity contribution in [3.05, 3.63) is 58.4 Å². The van der Waals surface area contributed by atoms with Crippen molar-refractivity contribution >= 4 is 17.5 Å². The number of aromatic nitrogens is 2. The summed E-state index contributed by atoms with van der Waals surface area (Å²) in [5.74, 6) is 0.365. The number of carbonyl (C=O) groups is 1. The van der Waals surface area contributed by atoms with Crippen molar-refractivity contribution in [2.24, 2.45) is 0 Å². The lowest BCUT2D eigenvalue weighted by atomic mass is 10.1. The molecule has 0 spiro atoms. The van der Waals surface area contributed by atoms with Gasteiger partial charge in [-0.3, -0.25) is 4.79 Å². The van der Waals surface area contributed by atoms with Crippen LogP contribution in [0.4, 0.5) is 0 Å². The van der Waals surface area contributed by atoms with Gasteiger partial charge in [-0.05, 0) is 49.1 Å². The summed E-state index contributed by atoms with van der Waals surface area (Å²) in [6.07, 6.45) is 3.10. The molecule has 108 valence electrons. The predicted octanol–water partition coefficient (Wildman–Crippen LogP) is 2.98. The van der Waals surface area contributed by atoms with Gasteiger partial charge in [-0.15, -0.1) is 5.10 Å². The maximum Gasteiger partial charge on any atom is 0.271 e. The van der Waals surface area contributed by atoms with Gasteiger partial charge in [-0.2, -0.15) is 5.10 Å². The zero-order valence-electron chi connectivity index (χ0n) is 11.6. The molecule has 1 aliphatic carbocycles. The van der Waals surface area contributed by atoms with E-state index in [4.69, 9.17) is 11.6 Å². The highest BCUT2D eigenvalue weighted by molar-refractivity contribution is 6.30. The summed E-state index contributed by atoms with van der Waals surface area (Å²) >= 11 is 5.92. The molecule has 0 atom stereocenters. The van der Waals surface area contributed by atoms with Crippen LogP contribution < -0.4 is 5.32 Å². The van der Waals surface area contributed by atoms with E-state index in [0.717, 1.165) is 17.7 Å². The number of hydrogen-bond acceptors (Lipinski definition) is 3. The third kappa shape index (κ3) is 3.79. The first kappa shape index (κ1) is 14.0. The standard InChI is InChI=1S/C16H16ClN3O/c17-13-3-1-2-11(10-13)8-9-18-16(21)15-7-6-14(19-20-15)12-4-5-12/h1-3,6-7,10,12H,4-5,8-9H2,(H,18,21). The summed E-state index contributed by atoms with van der Waals surface area (Å²) in [6, 6.07) is 11.3. The fourth-order valence-electron chi connectivity index (χ4n) is 2.16. The first-order valence-corrected chi connectivity index (χ1v) is 7.46. The van der Waals surface area contributed by atoms with Crippen molar-refractivity contribution in [3.63, 3.8) is 0 Å². The maximum atomic E-state index is 12.0. The normalized spacial score (nSPS) is 14.0. The second-order valence-corrected chi connectivity index (χ2v) is 5.69. The molecule has 0 saturated heterocycles. The van der Waals surface area contributed by atoms with E-state index in [0.29, 0.717) is 23.2 Å². The van der Waals surface area contributed by atoms with Gasteiger partial charge in [0.05, 0.1) is 5.69 Å².